The molecule has 0 bridgehead atoms. The third-order valence-corrected chi connectivity index (χ3v) is 2.68. The Morgan fingerprint density at radius 3 is 2.82 bits per heavy atom. The predicted octanol–water partition coefficient (Wildman–Crippen LogP) is 1.23. The molecule has 0 aliphatic heterocycles. The van der Waals surface area contributed by atoms with Crippen LogP contribution in [-0.4, -0.2) is 35.8 Å². The molecule has 1 atom stereocenters. The summed E-state index contributed by atoms with van der Waals surface area (Å²) in [4.78, 5) is 0. The van der Waals surface area contributed by atoms with Crippen molar-refractivity contribution in [2.75, 3.05) is 20.8 Å². The number of nitrogens with one attached hydrogen (secondary N) is 1. The van der Waals surface area contributed by atoms with Gasteiger partial charge in [-0.1, -0.05) is 25.5 Å². The molecule has 5 heteroatoms. The highest BCUT2D eigenvalue weighted by atomic mass is 16.5. The Morgan fingerprint density at radius 2 is 2.24 bits per heavy atom. The van der Waals surface area contributed by atoms with Gasteiger partial charge >= 0.3 is 0 Å². The van der Waals surface area contributed by atoms with Gasteiger partial charge in [0.25, 0.3) is 0 Å². The van der Waals surface area contributed by atoms with Crippen LogP contribution in [0.5, 0.6) is 0 Å². The normalized spacial score (nSPS) is 12.9. The lowest BCUT2D eigenvalue weighted by molar-refractivity contribution is 0.148. The second-order valence-corrected chi connectivity index (χ2v) is 4.51. The van der Waals surface area contributed by atoms with E-state index in [1.165, 1.54) is 5.69 Å². The van der Waals surface area contributed by atoms with Crippen LogP contribution < -0.4 is 5.32 Å². The molecule has 0 amide bonds. The maximum atomic E-state index is 5.16. The summed E-state index contributed by atoms with van der Waals surface area (Å²) in [5, 5.41) is 11.6. The lowest BCUT2D eigenvalue weighted by Gasteiger charge is -2.12. The summed E-state index contributed by atoms with van der Waals surface area (Å²) in [6.07, 6.45) is 2.15. The minimum absolute atomic E-state index is 0.458. The fourth-order valence-corrected chi connectivity index (χ4v) is 1.96. The average molecular weight is 240 g/mol. The first kappa shape index (κ1) is 14.1. The largest absolute Gasteiger partial charge is 0.384 e. The van der Waals surface area contributed by atoms with E-state index in [9.17, 15) is 0 Å². The molecule has 0 radical (unpaired) electrons. The second-order valence-electron chi connectivity index (χ2n) is 4.51. The van der Waals surface area contributed by atoms with Gasteiger partial charge in [0.15, 0.2) is 0 Å². The van der Waals surface area contributed by atoms with Gasteiger partial charge in [-0.05, 0) is 19.4 Å². The summed E-state index contributed by atoms with van der Waals surface area (Å²) in [7, 11) is 3.67. The van der Waals surface area contributed by atoms with E-state index in [2.05, 4.69) is 29.5 Å². The molecule has 1 aromatic rings. The summed E-state index contributed by atoms with van der Waals surface area (Å²) >= 11 is 0. The lowest BCUT2D eigenvalue weighted by atomic mass is 10.1. The van der Waals surface area contributed by atoms with E-state index in [0.29, 0.717) is 5.92 Å². The maximum Gasteiger partial charge on any atom is 0.0996 e. The number of hydrogen-bond donors (Lipinski definition) is 1. The minimum Gasteiger partial charge on any atom is -0.384 e. The van der Waals surface area contributed by atoms with Crippen LogP contribution in [-0.2, 0) is 24.2 Å². The number of nitrogens with zero attached hydrogens (tertiary/aromatic N) is 3. The van der Waals surface area contributed by atoms with Gasteiger partial charge in [0, 0.05) is 20.2 Å². The average Bonchev–Trinajstić information content (AvgIpc) is 2.64. The Bertz CT molecular complexity index is 324. The Hall–Kier alpha value is -0.940. The van der Waals surface area contributed by atoms with Crippen molar-refractivity contribution in [1.29, 1.82) is 0 Å². The van der Waals surface area contributed by atoms with Gasteiger partial charge in [0.1, 0.15) is 0 Å². The highest BCUT2D eigenvalue weighted by Gasteiger charge is 2.13. The quantitative estimate of drug-likeness (QED) is 0.742. The summed E-state index contributed by atoms with van der Waals surface area (Å²) in [6, 6.07) is 0. The van der Waals surface area contributed by atoms with Crippen molar-refractivity contribution < 1.29 is 4.74 Å². The second kappa shape index (κ2) is 7.40. The molecule has 1 unspecified atom stereocenters. The Kier molecular flexibility index (Phi) is 6.15. The zero-order chi connectivity index (χ0) is 12.7. The van der Waals surface area contributed by atoms with Crippen LogP contribution in [0.2, 0.25) is 0 Å². The molecule has 1 aromatic heterocycles. The van der Waals surface area contributed by atoms with Gasteiger partial charge in [-0.15, -0.1) is 5.10 Å². The first-order chi connectivity index (χ1) is 8.22. The molecular formula is C12H24N4O. The lowest BCUT2D eigenvalue weighted by Crippen LogP contribution is -2.16. The zero-order valence-electron chi connectivity index (χ0n) is 11.4. The summed E-state index contributed by atoms with van der Waals surface area (Å²) in [5.74, 6) is 0.458. The SMILES string of the molecule is CCCc1c(CNC)nnn1CC(C)COC. The van der Waals surface area contributed by atoms with Crippen molar-refractivity contribution in [2.45, 2.75) is 39.8 Å². The molecule has 1 heterocycles. The van der Waals surface area contributed by atoms with Crippen molar-refractivity contribution >= 4 is 0 Å². The van der Waals surface area contributed by atoms with E-state index >= 15 is 0 Å². The molecule has 0 saturated carbocycles. The van der Waals surface area contributed by atoms with Crippen molar-refractivity contribution in [2.24, 2.45) is 5.92 Å². The van der Waals surface area contributed by atoms with Crippen LogP contribution in [0.15, 0.2) is 0 Å². The minimum atomic E-state index is 0.458. The Labute approximate surface area is 104 Å². The van der Waals surface area contributed by atoms with Crippen molar-refractivity contribution in [1.82, 2.24) is 20.3 Å². The fourth-order valence-electron chi connectivity index (χ4n) is 1.96. The number of methoxy groups -OCH3 is 1. The molecule has 0 aliphatic rings. The van der Waals surface area contributed by atoms with Crippen LogP contribution in [0.1, 0.15) is 31.7 Å². The molecule has 0 fully saturated rings. The molecule has 0 aliphatic carbocycles. The third kappa shape index (κ3) is 4.09. The standard InChI is InChI=1S/C12H24N4O/c1-5-6-12-11(7-13-3)14-15-16(12)8-10(2)9-17-4/h10,13H,5-9H2,1-4H3. The molecule has 17 heavy (non-hydrogen) atoms. The van der Waals surface area contributed by atoms with Crippen LogP contribution >= 0.6 is 0 Å². The van der Waals surface area contributed by atoms with Crippen molar-refractivity contribution in [3.05, 3.63) is 11.4 Å². The molecule has 98 valence electrons. The van der Waals surface area contributed by atoms with Gasteiger partial charge in [0.2, 0.25) is 0 Å². The van der Waals surface area contributed by atoms with Crippen LogP contribution in [0, 0.1) is 5.92 Å². The molecule has 1 N–H and O–H groups in total. The van der Waals surface area contributed by atoms with Gasteiger partial charge in [-0.2, -0.15) is 0 Å². The summed E-state index contributed by atoms with van der Waals surface area (Å²) in [6.45, 7) is 6.76. The van der Waals surface area contributed by atoms with Crippen LogP contribution in [0.25, 0.3) is 0 Å². The van der Waals surface area contributed by atoms with E-state index in [-0.39, 0.29) is 0 Å². The van der Waals surface area contributed by atoms with Gasteiger partial charge in [-0.3, -0.25) is 0 Å². The van der Waals surface area contributed by atoms with Crippen molar-refractivity contribution in [3.63, 3.8) is 0 Å². The Balaban J connectivity index is 2.75. The zero-order valence-corrected chi connectivity index (χ0v) is 11.4. The van der Waals surface area contributed by atoms with Gasteiger partial charge in [0.05, 0.1) is 18.0 Å². The number of rotatable bonds is 8. The predicted molar refractivity (Wildman–Crippen MR) is 67.8 cm³/mol. The van der Waals surface area contributed by atoms with Gasteiger partial charge < -0.3 is 10.1 Å². The first-order valence-corrected chi connectivity index (χ1v) is 6.27. The van der Waals surface area contributed by atoms with E-state index in [0.717, 1.165) is 38.2 Å². The highest BCUT2D eigenvalue weighted by molar-refractivity contribution is 5.10. The molecule has 0 saturated heterocycles. The molecular weight excluding hydrogens is 216 g/mol. The maximum absolute atomic E-state index is 5.16. The van der Waals surface area contributed by atoms with Crippen LogP contribution in [0.4, 0.5) is 0 Å². The van der Waals surface area contributed by atoms with E-state index in [4.69, 9.17) is 4.74 Å². The molecule has 5 nitrogen and oxygen atoms in total. The smallest absolute Gasteiger partial charge is 0.0996 e. The molecule has 1 rings (SSSR count). The topological polar surface area (TPSA) is 52.0 Å². The number of ether oxygens (including phenoxy) is 1. The van der Waals surface area contributed by atoms with E-state index < -0.39 is 0 Å². The number of hydrogen-bond acceptors (Lipinski definition) is 4. The highest BCUT2D eigenvalue weighted by Crippen LogP contribution is 2.11. The molecule has 0 spiro atoms. The number of aromatic nitrogens is 3. The summed E-state index contributed by atoms with van der Waals surface area (Å²) in [5.41, 5.74) is 2.32. The van der Waals surface area contributed by atoms with Crippen LogP contribution in [0.3, 0.4) is 0 Å². The van der Waals surface area contributed by atoms with E-state index in [1.54, 1.807) is 7.11 Å². The fraction of sp³-hybridized carbons (Fsp3) is 0.833. The van der Waals surface area contributed by atoms with E-state index in [1.807, 2.05) is 11.7 Å². The summed E-state index contributed by atoms with van der Waals surface area (Å²) < 4.78 is 7.18. The van der Waals surface area contributed by atoms with Crippen molar-refractivity contribution in [3.8, 4) is 0 Å². The third-order valence-electron chi connectivity index (χ3n) is 2.68. The van der Waals surface area contributed by atoms with Gasteiger partial charge in [-0.25, -0.2) is 4.68 Å². The molecule has 0 aromatic carbocycles. The first-order valence-electron chi connectivity index (χ1n) is 6.27. The monoisotopic (exact) mass is 240 g/mol. The Morgan fingerprint density at radius 1 is 1.47 bits per heavy atom.